The Labute approximate surface area is 157 Å². The number of aliphatic hydroxyl groups is 1. The van der Waals surface area contributed by atoms with Gasteiger partial charge in [-0.2, -0.15) is 0 Å². The molecule has 1 amide bonds. The van der Waals surface area contributed by atoms with Crippen molar-refractivity contribution in [1.29, 1.82) is 0 Å². The van der Waals surface area contributed by atoms with Crippen LogP contribution in [0.5, 0.6) is 5.75 Å². The maximum absolute atomic E-state index is 11.6. The number of hydrogen-bond donors (Lipinski definition) is 1. The number of amides is 1. The normalized spacial score (nSPS) is 16.2. The van der Waals surface area contributed by atoms with Gasteiger partial charge in [0.15, 0.2) is 0 Å². The zero-order valence-electron chi connectivity index (χ0n) is 13.7. The second-order valence-corrected chi connectivity index (χ2v) is 6.32. The Morgan fingerprint density at radius 1 is 1.25 bits per heavy atom. The summed E-state index contributed by atoms with van der Waals surface area (Å²) in [5, 5.41) is 10.1. The van der Waals surface area contributed by atoms with Crippen molar-refractivity contribution in [2.24, 2.45) is 0 Å². The highest BCUT2D eigenvalue weighted by Crippen LogP contribution is 2.16. The minimum atomic E-state index is -0.562. The van der Waals surface area contributed by atoms with E-state index in [4.69, 9.17) is 9.47 Å². The van der Waals surface area contributed by atoms with Gasteiger partial charge in [-0.1, -0.05) is 15.9 Å². The zero-order valence-corrected chi connectivity index (χ0v) is 16.1. The van der Waals surface area contributed by atoms with Crippen LogP contribution in [0.1, 0.15) is 6.92 Å². The van der Waals surface area contributed by atoms with Gasteiger partial charge in [0.25, 0.3) is 0 Å². The smallest absolute Gasteiger partial charge is 0.409 e. The summed E-state index contributed by atoms with van der Waals surface area (Å²) < 4.78 is 11.6. The van der Waals surface area contributed by atoms with E-state index in [1.165, 1.54) is 0 Å². The lowest BCUT2D eigenvalue weighted by Gasteiger charge is -2.34. The molecule has 1 aromatic rings. The fraction of sp³-hybridized carbons (Fsp3) is 0.562. The average Bonchev–Trinajstić information content (AvgIpc) is 2.55. The molecular weight excluding hydrogens is 400 g/mol. The molecule has 1 saturated heterocycles. The number of nitrogens with zero attached hydrogens (tertiary/aromatic N) is 2. The summed E-state index contributed by atoms with van der Waals surface area (Å²) in [5.74, 6) is 0.736. The Kier molecular flexibility index (Phi) is 9.43. The number of rotatable bonds is 6. The molecule has 0 radical (unpaired) electrons. The van der Waals surface area contributed by atoms with Crippen molar-refractivity contribution in [3.63, 3.8) is 0 Å². The van der Waals surface area contributed by atoms with Crippen LogP contribution < -0.4 is 4.74 Å². The lowest BCUT2D eigenvalue weighted by atomic mass is 10.2. The summed E-state index contributed by atoms with van der Waals surface area (Å²) in [6.07, 6.45) is -0.820. The zero-order chi connectivity index (χ0) is 16.7. The number of piperazine rings is 1. The van der Waals surface area contributed by atoms with E-state index < -0.39 is 6.10 Å². The average molecular weight is 424 g/mol. The molecule has 6 nitrogen and oxygen atoms in total. The number of benzene rings is 1. The van der Waals surface area contributed by atoms with Crippen molar-refractivity contribution in [2.75, 3.05) is 45.9 Å². The first-order valence-corrected chi connectivity index (χ1v) is 8.58. The number of hydrogen-bond acceptors (Lipinski definition) is 5. The van der Waals surface area contributed by atoms with Crippen LogP contribution in [0.2, 0.25) is 0 Å². The predicted octanol–water partition coefficient (Wildman–Crippen LogP) is 2.38. The Bertz CT molecular complexity index is 495. The van der Waals surface area contributed by atoms with E-state index in [1.807, 2.05) is 24.3 Å². The molecule has 1 N–H and O–H groups in total. The maximum atomic E-state index is 11.6. The molecule has 0 aliphatic carbocycles. The van der Waals surface area contributed by atoms with E-state index in [9.17, 15) is 9.90 Å². The van der Waals surface area contributed by atoms with E-state index in [1.54, 1.807) is 11.8 Å². The van der Waals surface area contributed by atoms with Gasteiger partial charge < -0.3 is 19.5 Å². The molecule has 8 heteroatoms. The van der Waals surface area contributed by atoms with E-state index in [0.29, 0.717) is 26.2 Å². The van der Waals surface area contributed by atoms with E-state index in [2.05, 4.69) is 20.8 Å². The predicted molar refractivity (Wildman–Crippen MR) is 97.9 cm³/mol. The van der Waals surface area contributed by atoms with Crippen molar-refractivity contribution in [3.8, 4) is 5.75 Å². The SMILES string of the molecule is CCOC(=O)N1CCN(CC(O)COc2ccc(Br)cc2)CC1.Cl. The summed E-state index contributed by atoms with van der Waals surface area (Å²) in [7, 11) is 0. The number of carbonyl (C=O) groups excluding carboxylic acids is 1. The standard InChI is InChI=1S/C16H23BrN2O4.ClH/c1-2-22-16(21)19-9-7-18(8-10-19)11-14(20)12-23-15-5-3-13(17)4-6-15;/h3-6,14,20H,2,7-12H2,1H3;1H. The Hall–Kier alpha value is -1.02. The molecule has 1 aliphatic rings. The number of halogens is 2. The number of β-amino-alcohol motifs (C(OH)–C–C–N with tert-alkyl or cyclic N) is 1. The second kappa shape index (κ2) is 10.8. The van der Waals surface area contributed by atoms with Crippen molar-refractivity contribution >= 4 is 34.4 Å². The molecule has 0 spiro atoms. The molecule has 1 heterocycles. The largest absolute Gasteiger partial charge is 0.491 e. The highest BCUT2D eigenvalue weighted by Gasteiger charge is 2.23. The third-order valence-corrected chi connectivity index (χ3v) is 4.15. The lowest BCUT2D eigenvalue weighted by Crippen LogP contribution is -2.51. The molecule has 0 bridgehead atoms. The van der Waals surface area contributed by atoms with Gasteiger partial charge in [0.2, 0.25) is 0 Å². The number of aliphatic hydroxyl groups excluding tert-OH is 1. The van der Waals surface area contributed by atoms with Gasteiger partial charge in [0.1, 0.15) is 18.5 Å². The molecule has 1 fully saturated rings. The number of carbonyl (C=O) groups is 1. The summed E-state index contributed by atoms with van der Waals surface area (Å²) in [5.41, 5.74) is 0. The molecular formula is C16H24BrClN2O4. The molecule has 1 aromatic carbocycles. The van der Waals surface area contributed by atoms with Crippen LogP contribution in [0.3, 0.4) is 0 Å². The van der Waals surface area contributed by atoms with Crippen molar-refractivity contribution in [3.05, 3.63) is 28.7 Å². The highest BCUT2D eigenvalue weighted by atomic mass is 79.9. The Morgan fingerprint density at radius 3 is 2.46 bits per heavy atom. The Balaban J connectivity index is 0.00000288. The van der Waals surface area contributed by atoms with E-state index in [0.717, 1.165) is 23.3 Å². The fourth-order valence-electron chi connectivity index (χ4n) is 2.40. The summed E-state index contributed by atoms with van der Waals surface area (Å²) in [4.78, 5) is 15.5. The molecule has 0 saturated carbocycles. The molecule has 1 atom stereocenters. The first-order valence-electron chi connectivity index (χ1n) is 7.79. The van der Waals surface area contributed by atoms with Gasteiger partial charge in [-0.25, -0.2) is 4.79 Å². The van der Waals surface area contributed by atoms with Gasteiger partial charge >= 0.3 is 6.09 Å². The molecule has 0 aromatic heterocycles. The topological polar surface area (TPSA) is 62.2 Å². The molecule has 2 rings (SSSR count). The molecule has 136 valence electrons. The fourth-order valence-corrected chi connectivity index (χ4v) is 2.67. The minimum absolute atomic E-state index is 0. The Morgan fingerprint density at radius 2 is 1.88 bits per heavy atom. The van der Waals surface area contributed by atoms with Crippen LogP contribution in [0.25, 0.3) is 0 Å². The van der Waals surface area contributed by atoms with Crippen LogP contribution >= 0.6 is 28.3 Å². The van der Waals surface area contributed by atoms with E-state index in [-0.39, 0.29) is 25.1 Å². The van der Waals surface area contributed by atoms with Crippen LogP contribution in [0.15, 0.2) is 28.7 Å². The third-order valence-electron chi connectivity index (χ3n) is 3.62. The van der Waals surface area contributed by atoms with Gasteiger partial charge in [0.05, 0.1) is 6.61 Å². The van der Waals surface area contributed by atoms with Gasteiger partial charge in [-0.15, -0.1) is 12.4 Å². The van der Waals surface area contributed by atoms with Crippen molar-refractivity contribution < 1.29 is 19.4 Å². The monoisotopic (exact) mass is 422 g/mol. The lowest BCUT2D eigenvalue weighted by molar-refractivity contribution is 0.0408. The van der Waals surface area contributed by atoms with Crippen LogP contribution in [-0.2, 0) is 4.74 Å². The summed E-state index contributed by atoms with van der Waals surface area (Å²) in [6.45, 7) is 5.69. The minimum Gasteiger partial charge on any atom is -0.491 e. The van der Waals surface area contributed by atoms with Crippen molar-refractivity contribution in [2.45, 2.75) is 13.0 Å². The summed E-state index contributed by atoms with van der Waals surface area (Å²) in [6, 6.07) is 7.51. The van der Waals surface area contributed by atoms with Gasteiger partial charge in [-0.05, 0) is 31.2 Å². The van der Waals surface area contributed by atoms with Crippen LogP contribution in [-0.4, -0.2) is 73.0 Å². The third kappa shape index (κ3) is 6.84. The van der Waals surface area contributed by atoms with E-state index >= 15 is 0 Å². The first-order chi connectivity index (χ1) is 11.1. The maximum Gasteiger partial charge on any atom is 0.409 e. The number of ether oxygens (including phenoxy) is 2. The van der Waals surface area contributed by atoms with Crippen LogP contribution in [0, 0.1) is 0 Å². The summed E-state index contributed by atoms with van der Waals surface area (Å²) >= 11 is 3.37. The molecule has 1 unspecified atom stereocenters. The molecule has 1 aliphatic heterocycles. The van der Waals surface area contributed by atoms with Crippen molar-refractivity contribution in [1.82, 2.24) is 9.80 Å². The highest BCUT2D eigenvalue weighted by molar-refractivity contribution is 9.10. The second-order valence-electron chi connectivity index (χ2n) is 5.41. The van der Waals surface area contributed by atoms with Crippen LogP contribution in [0.4, 0.5) is 4.79 Å². The molecule has 24 heavy (non-hydrogen) atoms. The quantitative estimate of drug-likeness (QED) is 0.761. The van der Waals surface area contributed by atoms with Gasteiger partial charge in [0, 0.05) is 37.2 Å². The first kappa shape index (κ1) is 21.0. The van der Waals surface area contributed by atoms with Gasteiger partial charge in [-0.3, -0.25) is 4.90 Å².